The van der Waals surface area contributed by atoms with Crippen LogP contribution in [-0.2, 0) is 19.6 Å². The van der Waals surface area contributed by atoms with Crippen LogP contribution in [0.5, 0.6) is 5.75 Å². The van der Waals surface area contributed by atoms with Crippen molar-refractivity contribution >= 4 is 0 Å². The van der Waals surface area contributed by atoms with Crippen LogP contribution in [0.3, 0.4) is 0 Å². The van der Waals surface area contributed by atoms with Gasteiger partial charge in [0.1, 0.15) is 18.7 Å². The van der Waals surface area contributed by atoms with Gasteiger partial charge >= 0.3 is 0 Å². The monoisotopic (exact) mass is 287 g/mol. The lowest BCUT2D eigenvalue weighted by atomic mass is 10.1. The summed E-state index contributed by atoms with van der Waals surface area (Å²) in [6, 6.07) is 5.90. The molecule has 5 heteroatoms. The summed E-state index contributed by atoms with van der Waals surface area (Å²) < 4.78 is 7.72. The van der Waals surface area contributed by atoms with Crippen LogP contribution in [0.2, 0.25) is 0 Å². The van der Waals surface area contributed by atoms with E-state index < -0.39 is 0 Å². The van der Waals surface area contributed by atoms with Gasteiger partial charge in [-0.1, -0.05) is 19.9 Å². The molecule has 1 atom stereocenters. The molecular weight excluding hydrogens is 266 g/mol. The zero-order valence-corrected chi connectivity index (χ0v) is 12.5. The van der Waals surface area contributed by atoms with Crippen molar-refractivity contribution in [2.24, 2.45) is 5.92 Å². The van der Waals surface area contributed by atoms with Gasteiger partial charge in [0.15, 0.2) is 5.82 Å². The Morgan fingerprint density at radius 2 is 2.29 bits per heavy atom. The SMILES string of the molecule is CC(C)Cn1ncnc1COc1ccc2c(c1)CCC2O. The van der Waals surface area contributed by atoms with Gasteiger partial charge in [0.05, 0.1) is 6.10 Å². The molecule has 0 radical (unpaired) electrons. The number of ether oxygens (including phenoxy) is 1. The number of nitrogens with zero attached hydrogens (tertiary/aromatic N) is 3. The number of aryl methyl sites for hydroxylation is 1. The van der Waals surface area contributed by atoms with Gasteiger partial charge in [-0.2, -0.15) is 5.10 Å². The Balaban J connectivity index is 1.67. The van der Waals surface area contributed by atoms with Crippen molar-refractivity contribution in [3.05, 3.63) is 41.5 Å². The summed E-state index contributed by atoms with van der Waals surface area (Å²) in [5.74, 6) is 2.18. The molecule has 112 valence electrons. The second-order valence-electron chi connectivity index (χ2n) is 5.96. The van der Waals surface area contributed by atoms with Crippen LogP contribution in [0.1, 0.15) is 43.3 Å². The second kappa shape index (κ2) is 5.85. The lowest BCUT2D eigenvalue weighted by molar-refractivity contribution is 0.180. The van der Waals surface area contributed by atoms with Gasteiger partial charge in [-0.05, 0) is 42.0 Å². The van der Waals surface area contributed by atoms with Gasteiger partial charge in [0, 0.05) is 6.54 Å². The number of hydrogen-bond donors (Lipinski definition) is 1. The van der Waals surface area contributed by atoms with E-state index >= 15 is 0 Å². The third-order valence-electron chi connectivity index (χ3n) is 3.76. The predicted octanol–water partition coefficient (Wildman–Crippen LogP) is 2.49. The summed E-state index contributed by atoms with van der Waals surface area (Å²) in [7, 11) is 0. The lowest BCUT2D eigenvalue weighted by Gasteiger charge is -2.11. The third kappa shape index (κ3) is 3.08. The summed E-state index contributed by atoms with van der Waals surface area (Å²) in [5, 5.41) is 14.0. The number of hydrogen-bond acceptors (Lipinski definition) is 4. The molecule has 0 fully saturated rings. The van der Waals surface area contributed by atoms with E-state index in [1.807, 2.05) is 22.9 Å². The standard InChI is InChI=1S/C16H21N3O2/c1-11(2)8-19-16(17-10-18-19)9-21-13-4-5-14-12(7-13)3-6-15(14)20/h4-5,7,10-11,15,20H,3,6,8-9H2,1-2H3. The molecule has 0 saturated heterocycles. The van der Waals surface area contributed by atoms with E-state index in [4.69, 9.17) is 4.74 Å². The molecule has 2 aromatic rings. The number of rotatable bonds is 5. The molecule has 1 aromatic heterocycles. The fraction of sp³-hybridized carbons (Fsp3) is 0.500. The molecule has 0 aliphatic heterocycles. The molecule has 0 spiro atoms. The number of benzene rings is 1. The molecular formula is C16H21N3O2. The topological polar surface area (TPSA) is 60.2 Å². The molecule has 1 heterocycles. The van der Waals surface area contributed by atoms with E-state index in [0.29, 0.717) is 12.5 Å². The highest BCUT2D eigenvalue weighted by Gasteiger charge is 2.20. The minimum atomic E-state index is -0.316. The average Bonchev–Trinajstić information content (AvgIpc) is 3.03. The van der Waals surface area contributed by atoms with Gasteiger partial charge in [0.25, 0.3) is 0 Å². The minimum Gasteiger partial charge on any atom is -0.486 e. The zero-order chi connectivity index (χ0) is 14.8. The summed E-state index contributed by atoms with van der Waals surface area (Å²) in [6.45, 7) is 5.55. The highest BCUT2D eigenvalue weighted by Crippen LogP contribution is 2.33. The highest BCUT2D eigenvalue weighted by atomic mass is 16.5. The van der Waals surface area contributed by atoms with E-state index in [-0.39, 0.29) is 6.10 Å². The Bertz CT molecular complexity index is 622. The first-order valence-electron chi connectivity index (χ1n) is 7.44. The predicted molar refractivity (Wildman–Crippen MR) is 78.9 cm³/mol. The maximum atomic E-state index is 9.81. The minimum absolute atomic E-state index is 0.316. The van der Waals surface area contributed by atoms with E-state index in [1.54, 1.807) is 6.33 Å². The Kier molecular flexibility index (Phi) is 3.92. The first-order valence-corrected chi connectivity index (χ1v) is 7.44. The van der Waals surface area contributed by atoms with Crippen molar-refractivity contribution in [1.29, 1.82) is 0 Å². The van der Waals surface area contributed by atoms with Crippen molar-refractivity contribution in [2.75, 3.05) is 0 Å². The second-order valence-corrected chi connectivity index (χ2v) is 5.96. The van der Waals surface area contributed by atoms with Gasteiger partial charge in [-0.15, -0.1) is 0 Å². The van der Waals surface area contributed by atoms with E-state index in [2.05, 4.69) is 23.9 Å². The largest absolute Gasteiger partial charge is 0.486 e. The summed E-state index contributed by atoms with van der Waals surface area (Å²) in [6.07, 6.45) is 2.97. The lowest BCUT2D eigenvalue weighted by Crippen LogP contribution is -2.12. The Labute approximate surface area is 124 Å². The van der Waals surface area contributed by atoms with Crippen molar-refractivity contribution in [1.82, 2.24) is 14.8 Å². The van der Waals surface area contributed by atoms with Gasteiger partial charge in [-0.25, -0.2) is 9.67 Å². The number of aromatic nitrogens is 3. The molecule has 21 heavy (non-hydrogen) atoms. The van der Waals surface area contributed by atoms with Gasteiger partial charge < -0.3 is 9.84 Å². The summed E-state index contributed by atoms with van der Waals surface area (Å²) >= 11 is 0. The molecule has 0 amide bonds. The van der Waals surface area contributed by atoms with Crippen LogP contribution in [0.15, 0.2) is 24.5 Å². The molecule has 3 rings (SSSR count). The maximum Gasteiger partial charge on any atom is 0.164 e. The van der Waals surface area contributed by atoms with Crippen LogP contribution >= 0.6 is 0 Å². The van der Waals surface area contributed by atoms with Crippen LogP contribution in [-0.4, -0.2) is 19.9 Å². The Morgan fingerprint density at radius 1 is 1.43 bits per heavy atom. The zero-order valence-electron chi connectivity index (χ0n) is 12.5. The van der Waals surface area contributed by atoms with E-state index in [9.17, 15) is 5.11 Å². The normalized spacial score (nSPS) is 17.2. The number of aliphatic hydroxyl groups excluding tert-OH is 1. The first-order chi connectivity index (χ1) is 10.1. The molecule has 1 unspecified atom stereocenters. The van der Waals surface area contributed by atoms with Crippen LogP contribution in [0.4, 0.5) is 0 Å². The van der Waals surface area contributed by atoms with Crippen molar-refractivity contribution in [3.63, 3.8) is 0 Å². The molecule has 5 nitrogen and oxygen atoms in total. The molecule has 0 saturated carbocycles. The van der Waals surface area contributed by atoms with E-state index in [1.165, 1.54) is 5.56 Å². The Hall–Kier alpha value is -1.88. The quantitative estimate of drug-likeness (QED) is 0.918. The molecule has 1 aliphatic rings. The number of aliphatic hydroxyl groups is 1. The first kappa shape index (κ1) is 14.1. The third-order valence-corrected chi connectivity index (χ3v) is 3.76. The number of fused-ring (bicyclic) bond motifs is 1. The molecule has 1 aromatic carbocycles. The summed E-state index contributed by atoms with van der Waals surface area (Å²) in [4.78, 5) is 4.26. The fourth-order valence-corrected chi connectivity index (χ4v) is 2.71. The van der Waals surface area contributed by atoms with E-state index in [0.717, 1.165) is 36.5 Å². The smallest absolute Gasteiger partial charge is 0.164 e. The van der Waals surface area contributed by atoms with Crippen molar-refractivity contribution in [2.45, 2.75) is 45.9 Å². The average molecular weight is 287 g/mol. The van der Waals surface area contributed by atoms with Crippen molar-refractivity contribution < 1.29 is 9.84 Å². The van der Waals surface area contributed by atoms with Crippen molar-refractivity contribution in [3.8, 4) is 5.75 Å². The van der Waals surface area contributed by atoms with Crippen LogP contribution < -0.4 is 4.74 Å². The fourth-order valence-electron chi connectivity index (χ4n) is 2.71. The van der Waals surface area contributed by atoms with Crippen LogP contribution in [0.25, 0.3) is 0 Å². The molecule has 1 N–H and O–H groups in total. The Morgan fingerprint density at radius 3 is 3.10 bits per heavy atom. The molecule has 0 bridgehead atoms. The van der Waals surface area contributed by atoms with Gasteiger partial charge in [0.2, 0.25) is 0 Å². The summed E-state index contributed by atoms with van der Waals surface area (Å²) in [5.41, 5.74) is 2.22. The highest BCUT2D eigenvalue weighted by molar-refractivity contribution is 5.39. The van der Waals surface area contributed by atoms with Gasteiger partial charge in [-0.3, -0.25) is 0 Å². The van der Waals surface area contributed by atoms with Crippen LogP contribution in [0, 0.1) is 5.92 Å². The molecule has 1 aliphatic carbocycles. The maximum absolute atomic E-state index is 9.81.